The molecule has 0 radical (unpaired) electrons. The van der Waals surface area contributed by atoms with E-state index in [0.29, 0.717) is 0 Å². The summed E-state index contributed by atoms with van der Waals surface area (Å²) in [7, 11) is -0.465. The quantitative estimate of drug-likeness (QED) is 0.0806. The summed E-state index contributed by atoms with van der Waals surface area (Å²) < 4.78 is 24.6. The van der Waals surface area contributed by atoms with Crippen LogP contribution in [0.25, 0.3) is 38.7 Å². The average molecular weight is 815 g/mol. The van der Waals surface area contributed by atoms with Gasteiger partial charge in [-0.3, -0.25) is 0 Å². The molecule has 2 fully saturated rings. The van der Waals surface area contributed by atoms with Crippen molar-refractivity contribution < 1.29 is 18.6 Å². The molecule has 2 aliphatic heterocycles. The van der Waals surface area contributed by atoms with E-state index < -0.39 is 18.3 Å². The second-order valence-corrected chi connectivity index (χ2v) is 15.9. The maximum absolute atomic E-state index is 6.57. The summed E-state index contributed by atoms with van der Waals surface area (Å²) in [5, 5.41) is 4.81. The minimum atomic E-state index is -0.425. The first-order chi connectivity index (χ1) is 28.5. The minimum Gasteiger partial charge on any atom is -0.406 e. The van der Waals surface area contributed by atoms with Crippen molar-refractivity contribution in [3.63, 3.8) is 0 Å². The first-order valence-corrected chi connectivity index (χ1v) is 22.0. The van der Waals surface area contributed by atoms with E-state index >= 15 is 0 Å². The Bertz CT molecular complexity index is 1890. The van der Waals surface area contributed by atoms with Crippen LogP contribution in [0.1, 0.15) is 136 Å². The fourth-order valence-electron chi connectivity index (χ4n) is 6.23. The minimum absolute atomic E-state index is 0.0401. The molecule has 0 N–H and O–H groups in total. The van der Waals surface area contributed by atoms with Crippen LogP contribution < -0.4 is 5.46 Å². The highest BCUT2D eigenvalue weighted by Gasteiger charge is 2.52. The van der Waals surface area contributed by atoms with E-state index in [0.717, 1.165) is 24.6 Å². The molecule has 0 bridgehead atoms. The Hall–Kier alpha value is -4.11. The molecule has 2 heterocycles. The summed E-state index contributed by atoms with van der Waals surface area (Å²) in [6, 6.07) is 26.1. The molecule has 60 heavy (non-hydrogen) atoms. The van der Waals surface area contributed by atoms with Crippen LogP contribution in [-0.4, -0.2) is 37.1 Å². The zero-order valence-electron chi connectivity index (χ0n) is 40.8. The summed E-state index contributed by atoms with van der Waals surface area (Å²) >= 11 is 0. The summed E-state index contributed by atoms with van der Waals surface area (Å²) in [5.41, 5.74) is 6.51. The van der Waals surface area contributed by atoms with Crippen molar-refractivity contribution in [2.45, 2.75) is 160 Å². The molecular weight excluding hydrogens is 734 g/mol. The van der Waals surface area contributed by atoms with Gasteiger partial charge in [-0.2, -0.15) is 0 Å². The third-order valence-corrected chi connectivity index (χ3v) is 10.6. The zero-order chi connectivity index (χ0) is 46.3. The van der Waals surface area contributed by atoms with Gasteiger partial charge >= 0.3 is 14.2 Å². The summed E-state index contributed by atoms with van der Waals surface area (Å²) in [4.78, 5) is 0. The lowest BCUT2D eigenvalue weighted by molar-refractivity contribution is 0.00578. The van der Waals surface area contributed by atoms with Crippen LogP contribution in [0.2, 0.25) is 6.32 Å². The van der Waals surface area contributed by atoms with Gasteiger partial charge in [-0.15, -0.1) is 26.0 Å². The van der Waals surface area contributed by atoms with Gasteiger partial charge in [0.1, 0.15) is 0 Å². The van der Waals surface area contributed by atoms with Crippen molar-refractivity contribution in [2.24, 2.45) is 0 Å². The molecule has 1 unspecified atom stereocenters. The SMILES string of the molecule is C#C.C/C=C\C.C=C(C)CCB1OC(C)C(C)(C)O1.C=CC.CC.CC.CC/C(C)=C/c1ccccc1-c1c2ccccc2c(B2OC(C)(C)C(C)(C)O2)c2ccccc12. The maximum Gasteiger partial charge on any atom is 0.496 e. The second-order valence-electron chi connectivity index (χ2n) is 15.9. The molecule has 4 aromatic rings. The van der Waals surface area contributed by atoms with Gasteiger partial charge in [-0.05, 0) is 146 Å². The molecule has 2 saturated heterocycles. The molecule has 1 atom stereocenters. The van der Waals surface area contributed by atoms with Crippen molar-refractivity contribution in [1.82, 2.24) is 0 Å². The van der Waals surface area contributed by atoms with Crippen LogP contribution in [0.3, 0.4) is 0 Å². The van der Waals surface area contributed by atoms with Crippen LogP contribution in [0.4, 0.5) is 0 Å². The molecule has 4 aromatic carbocycles. The molecule has 326 valence electrons. The fraction of sp³-hybridized carbons (Fsp3) is 0.444. The lowest BCUT2D eigenvalue weighted by atomic mass is 9.71. The number of hydrogen-bond acceptors (Lipinski definition) is 4. The number of fused-ring (bicyclic) bond motifs is 2. The monoisotopic (exact) mass is 815 g/mol. The Kier molecular flexibility index (Phi) is 25.8. The molecule has 6 rings (SSSR count). The van der Waals surface area contributed by atoms with Gasteiger partial charge in [0.2, 0.25) is 0 Å². The average Bonchev–Trinajstić information content (AvgIpc) is 3.64. The molecule has 0 amide bonds. The van der Waals surface area contributed by atoms with E-state index in [1.807, 2.05) is 67.5 Å². The highest BCUT2D eigenvalue weighted by molar-refractivity contribution is 6.69. The summed E-state index contributed by atoms with van der Waals surface area (Å²) in [6.07, 6.45) is 19.2. The van der Waals surface area contributed by atoms with Gasteiger partial charge in [0.25, 0.3) is 0 Å². The molecule has 0 spiro atoms. The number of hydrogen-bond donors (Lipinski definition) is 0. The van der Waals surface area contributed by atoms with Gasteiger partial charge in [0.05, 0.1) is 22.9 Å². The summed E-state index contributed by atoms with van der Waals surface area (Å²) in [6.45, 7) is 42.2. The number of benzene rings is 4. The van der Waals surface area contributed by atoms with Gasteiger partial charge in [0.15, 0.2) is 0 Å². The molecule has 4 nitrogen and oxygen atoms in total. The predicted octanol–water partition coefficient (Wildman–Crippen LogP) is 15.5. The summed E-state index contributed by atoms with van der Waals surface area (Å²) in [5.74, 6) is 0. The van der Waals surface area contributed by atoms with E-state index in [9.17, 15) is 0 Å². The molecule has 0 aromatic heterocycles. The largest absolute Gasteiger partial charge is 0.496 e. The zero-order valence-corrected chi connectivity index (χ0v) is 40.8. The highest BCUT2D eigenvalue weighted by Crippen LogP contribution is 2.41. The highest BCUT2D eigenvalue weighted by atomic mass is 16.7. The maximum atomic E-state index is 6.57. The van der Waals surface area contributed by atoms with Gasteiger partial charge in [0, 0.05) is 0 Å². The number of terminal acetylenes is 1. The molecule has 0 aliphatic carbocycles. The van der Waals surface area contributed by atoms with Crippen molar-refractivity contribution in [3.05, 3.63) is 121 Å². The second kappa shape index (κ2) is 27.7. The van der Waals surface area contributed by atoms with E-state index in [2.05, 4.69) is 167 Å². The Labute approximate surface area is 369 Å². The van der Waals surface area contributed by atoms with Crippen LogP contribution in [0.15, 0.2) is 115 Å². The van der Waals surface area contributed by atoms with Crippen molar-refractivity contribution in [1.29, 1.82) is 0 Å². The third kappa shape index (κ3) is 15.4. The Morgan fingerprint density at radius 3 is 1.52 bits per heavy atom. The van der Waals surface area contributed by atoms with Crippen LogP contribution in [0, 0.1) is 12.8 Å². The molecule has 2 aliphatic rings. The van der Waals surface area contributed by atoms with Crippen LogP contribution in [-0.2, 0) is 18.6 Å². The Morgan fingerprint density at radius 1 is 0.717 bits per heavy atom. The fourth-order valence-corrected chi connectivity index (χ4v) is 6.23. The first kappa shape index (κ1) is 55.9. The van der Waals surface area contributed by atoms with E-state index in [1.54, 1.807) is 6.08 Å². The van der Waals surface area contributed by atoms with Gasteiger partial charge < -0.3 is 18.6 Å². The van der Waals surface area contributed by atoms with Crippen molar-refractivity contribution in [2.75, 3.05) is 0 Å². The van der Waals surface area contributed by atoms with Gasteiger partial charge in [-0.25, -0.2) is 0 Å². The smallest absolute Gasteiger partial charge is 0.406 e. The van der Waals surface area contributed by atoms with Gasteiger partial charge in [-0.1, -0.05) is 143 Å². The van der Waals surface area contributed by atoms with E-state index in [4.69, 9.17) is 18.6 Å². The Morgan fingerprint density at radius 2 is 1.13 bits per heavy atom. The third-order valence-electron chi connectivity index (χ3n) is 10.6. The van der Waals surface area contributed by atoms with Crippen molar-refractivity contribution >= 4 is 47.3 Å². The molecule has 0 saturated carbocycles. The van der Waals surface area contributed by atoms with E-state index in [-0.39, 0.29) is 18.8 Å². The topological polar surface area (TPSA) is 36.9 Å². The van der Waals surface area contributed by atoms with Crippen molar-refractivity contribution in [3.8, 4) is 24.0 Å². The van der Waals surface area contributed by atoms with Crippen LogP contribution in [0.5, 0.6) is 0 Å². The predicted molar refractivity (Wildman–Crippen MR) is 271 cm³/mol. The normalized spacial score (nSPS) is 16.8. The number of allylic oxidation sites excluding steroid dienone is 5. The Balaban J connectivity index is 0.00000111. The lowest BCUT2D eigenvalue weighted by Gasteiger charge is -2.32. The molecular formula is C54H80B2O4. The molecule has 6 heteroatoms. The number of rotatable bonds is 7. The standard InChI is InChI=1S/C31H33BO2.C10H19BO2.C4H8.C3H6.2C2H6.C2H2/c1-7-21(2)20-22-14-8-9-15-23(22)28-24-16-10-12-18-26(24)29(27-19-13-11-17-25(27)28)32-33-30(3,4)31(5,6)34-32;1-8(2)6-7-11-12-9(3)10(4,5)13-11;1-3-4-2;1-3-2;3*1-2/h8-20H,7H2,1-6H3;9H,1,6-7H2,2-5H3;3-4H,1-2H3;3H,1H2,2H3;2*1-2H3;1-2H/b21-20+;;4-3-;;;;. The first-order valence-electron chi connectivity index (χ1n) is 22.0. The van der Waals surface area contributed by atoms with E-state index in [1.165, 1.54) is 49.4 Å². The van der Waals surface area contributed by atoms with Crippen LogP contribution >= 0.6 is 0 Å². The lowest BCUT2D eigenvalue weighted by Crippen LogP contribution is -2.41.